The summed E-state index contributed by atoms with van der Waals surface area (Å²) in [4.78, 5) is 18.7. The molecule has 0 aliphatic carbocycles. The molecule has 0 saturated carbocycles. The summed E-state index contributed by atoms with van der Waals surface area (Å²) < 4.78 is 40.2. The van der Waals surface area contributed by atoms with Crippen LogP contribution in [-0.4, -0.2) is 22.2 Å². The van der Waals surface area contributed by atoms with Crippen molar-refractivity contribution in [2.75, 3.05) is 5.32 Å². The predicted molar refractivity (Wildman–Crippen MR) is 85.8 cm³/mol. The van der Waals surface area contributed by atoms with E-state index in [2.05, 4.69) is 20.0 Å². The molecule has 0 bridgehead atoms. The van der Waals surface area contributed by atoms with Gasteiger partial charge < -0.3 is 20.8 Å². The number of aromatic amines is 1. The zero-order valence-corrected chi connectivity index (χ0v) is 12.9. The van der Waals surface area contributed by atoms with E-state index in [1.165, 1.54) is 24.3 Å². The van der Waals surface area contributed by atoms with Gasteiger partial charge in [0, 0.05) is 11.3 Å². The Hall–Kier alpha value is -3.23. The number of fused-ring (bicyclic) bond motifs is 1. The van der Waals surface area contributed by atoms with Crippen molar-refractivity contribution in [3.63, 3.8) is 0 Å². The second kappa shape index (κ2) is 6.00. The highest BCUT2D eigenvalue weighted by molar-refractivity contribution is 5.98. The number of nitrogens with one attached hydrogen (secondary N) is 2. The zero-order chi connectivity index (χ0) is 18.2. The molecule has 4 N–H and O–H groups in total. The number of alkyl halides is 3. The SMILES string of the molecule is Cc1cc2[nH]c(Nc3ccc(OC(F)(F)F)cc3)nc2cc1C(N)=O. The van der Waals surface area contributed by atoms with E-state index in [0.29, 0.717) is 33.8 Å². The van der Waals surface area contributed by atoms with Crippen LogP contribution in [0.3, 0.4) is 0 Å². The highest BCUT2D eigenvalue weighted by Crippen LogP contribution is 2.26. The Balaban J connectivity index is 1.82. The number of anilines is 2. The molecule has 25 heavy (non-hydrogen) atoms. The van der Waals surface area contributed by atoms with Gasteiger partial charge in [0.25, 0.3) is 0 Å². The van der Waals surface area contributed by atoms with Crippen LogP contribution in [0.15, 0.2) is 36.4 Å². The minimum Gasteiger partial charge on any atom is -0.406 e. The molecule has 0 radical (unpaired) electrons. The van der Waals surface area contributed by atoms with Crippen LogP contribution in [0.4, 0.5) is 24.8 Å². The molecule has 2 aromatic carbocycles. The second-order valence-electron chi connectivity index (χ2n) is 5.33. The first-order valence-corrected chi connectivity index (χ1v) is 7.14. The van der Waals surface area contributed by atoms with Crippen molar-refractivity contribution < 1.29 is 22.7 Å². The topological polar surface area (TPSA) is 93.0 Å². The van der Waals surface area contributed by atoms with E-state index < -0.39 is 12.3 Å². The number of nitrogens with zero attached hydrogens (tertiary/aromatic N) is 1. The molecule has 3 rings (SSSR count). The third kappa shape index (κ3) is 3.82. The Kier molecular flexibility index (Phi) is 3.99. The summed E-state index contributed by atoms with van der Waals surface area (Å²) in [5, 5.41) is 2.93. The minimum absolute atomic E-state index is 0.315. The predicted octanol–water partition coefficient (Wildman–Crippen LogP) is 3.61. The number of primary amides is 1. The summed E-state index contributed by atoms with van der Waals surface area (Å²) in [6.45, 7) is 1.76. The lowest BCUT2D eigenvalue weighted by atomic mass is 10.1. The molecule has 1 aromatic heterocycles. The number of nitrogens with two attached hydrogens (primary N) is 1. The Morgan fingerprint density at radius 3 is 2.52 bits per heavy atom. The molecule has 0 saturated heterocycles. The van der Waals surface area contributed by atoms with Gasteiger partial charge in [0.1, 0.15) is 5.75 Å². The molecule has 0 aliphatic rings. The van der Waals surface area contributed by atoms with Crippen molar-refractivity contribution in [1.82, 2.24) is 9.97 Å². The Bertz CT molecular complexity index is 933. The van der Waals surface area contributed by atoms with Crippen molar-refractivity contribution in [3.8, 4) is 5.75 Å². The van der Waals surface area contributed by atoms with Gasteiger partial charge in [-0.2, -0.15) is 0 Å². The second-order valence-corrected chi connectivity index (χ2v) is 5.33. The molecular formula is C16H13F3N4O2. The molecule has 6 nitrogen and oxygen atoms in total. The van der Waals surface area contributed by atoms with Crippen LogP contribution in [0.5, 0.6) is 5.75 Å². The molecule has 0 fully saturated rings. The maximum atomic E-state index is 12.1. The van der Waals surface area contributed by atoms with Gasteiger partial charge in [-0.1, -0.05) is 0 Å². The fraction of sp³-hybridized carbons (Fsp3) is 0.125. The monoisotopic (exact) mass is 350 g/mol. The van der Waals surface area contributed by atoms with Crippen LogP contribution in [-0.2, 0) is 0 Å². The number of carbonyl (C=O) groups excluding carboxylic acids is 1. The van der Waals surface area contributed by atoms with E-state index in [0.717, 1.165) is 0 Å². The van der Waals surface area contributed by atoms with Crippen LogP contribution in [0.1, 0.15) is 15.9 Å². The van der Waals surface area contributed by atoms with Gasteiger partial charge in [-0.3, -0.25) is 4.79 Å². The lowest BCUT2D eigenvalue weighted by Crippen LogP contribution is -2.16. The molecule has 1 heterocycles. The average molecular weight is 350 g/mol. The van der Waals surface area contributed by atoms with E-state index in [4.69, 9.17) is 5.73 Å². The molecule has 1 amide bonds. The van der Waals surface area contributed by atoms with Crippen molar-refractivity contribution in [1.29, 1.82) is 0 Å². The van der Waals surface area contributed by atoms with Crippen molar-refractivity contribution in [2.24, 2.45) is 5.73 Å². The molecule has 130 valence electrons. The fourth-order valence-electron chi connectivity index (χ4n) is 2.37. The first-order valence-electron chi connectivity index (χ1n) is 7.14. The number of carbonyl (C=O) groups is 1. The number of H-pyrrole nitrogens is 1. The van der Waals surface area contributed by atoms with Gasteiger partial charge in [-0.05, 0) is 48.9 Å². The third-order valence-electron chi connectivity index (χ3n) is 3.44. The molecule has 9 heteroatoms. The highest BCUT2D eigenvalue weighted by Gasteiger charge is 2.30. The van der Waals surface area contributed by atoms with Crippen molar-refractivity contribution >= 4 is 28.6 Å². The van der Waals surface area contributed by atoms with E-state index in [-0.39, 0.29) is 5.75 Å². The number of ether oxygens (including phenoxy) is 1. The van der Waals surface area contributed by atoms with E-state index >= 15 is 0 Å². The Morgan fingerprint density at radius 1 is 1.24 bits per heavy atom. The summed E-state index contributed by atoms with van der Waals surface area (Å²) in [5.74, 6) is -0.484. The number of hydrogen-bond donors (Lipinski definition) is 3. The average Bonchev–Trinajstić information content (AvgIpc) is 2.88. The minimum atomic E-state index is -4.73. The number of hydrogen-bond acceptors (Lipinski definition) is 4. The summed E-state index contributed by atoms with van der Waals surface area (Å²) >= 11 is 0. The number of imidazole rings is 1. The number of aryl methyl sites for hydroxylation is 1. The molecule has 3 aromatic rings. The van der Waals surface area contributed by atoms with Gasteiger partial charge in [0.15, 0.2) is 0 Å². The number of benzene rings is 2. The lowest BCUT2D eigenvalue weighted by molar-refractivity contribution is -0.274. The highest BCUT2D eigenvalue weighted by atomic mass is 19.4. The number of rotatable bonds is 4. The lowest BCUT2D eigenvalue weighted by Gasteiger charge is -2.09. The Morgan fingerprint density at radius 2 is 1.92 bits per heavy atom. The van der Waals surface area contributed by atoms with Gasteiger partial charge in [-0.15, -0.1) is 13.2 Å². The molecule has 0 spiro atoms. The third-order valence-corrected chi connectivity index (χ3v) is 3.44. The van der Waals surface area contributed by atoms with Gasteiger partial charge in [0.2, 0.25) is 11.9 Å². The van der Waals surface area contributed by atoms with Crippen LogP contribution >= 0.6 is 0 Å². The van der Waals surface area contributed by atoms with Crippen LogP contribution in [0.25, 0.3) is 11.0 Å². The zero-order valence-electron chi connectivity index (χ0n) is 12.9. The smallest absolute Gasteiger partial charge is 0.406 e. The number of amides is 1. The van der Waals surface area contributed by atoms with Crippen molar-refractivity contribution in [3.05, 3.63) is 47.5 Å². The molecular weight excluding hydrogens is 337 g/mol. The first kappa shape index (κ1) is 16.6. The number of aromatic nitrogens is 2. The summed E-state index contributed by atoms with van der Waals surface area (Å²) in [5.41, 5.74) is 8.15. The van der Waals surface area contributed by atoms with Gasteiger partial charge in [-0.25, -0.2) is 4.98 Å². The first-order chi connectivity index (χ1) is 11.7. The van der Waals surface area contributed by atoms with E-state index in [9.17, 15) is 18.0 Å². The fourth-order valence-corrected chi connectivity index (χ4v) is 2.37. The summed E-state index contributed by atoms with van der Waals surface area (Å²) in [6.07, 6.45) is -4.73. The summed E-state index contributed by atoms with van der Waals surface area (Å²) in [7, 11) is 0. The van der Waals surface area contributed by atoms with Gasteiger partial charge in [0.05, 0.1) is 11.0 Å². The normalized spacial score (nSPS) is 11.5. The largest absolute Gasteiger partial charge is 0.573 e. The number of halogens is 3. The van der Waals surface area contributed by atoms with E-state index in [1.807, 2.05) is 0 Å². The molecule has 0 unspecified atom stereocenters. The maximum Gasteiger partial charge on any atom is 0.573 e. The Labute approximate surface area is 139 Å². The van der Waals surface area contributed by atoms with Crippen molar-refractivity contribution in [2.45, 2.75) is 13.3 Å². The standard InChI is InChI=1S/C16H13F3N4O2/c1-8-6-12-13(7-11(8)14(20)24)23-15(22-12)21-9-2-4-10(5-3-9)25-16(17,18)19/h2-7H,1H3,(H2,20,24)(H2,21,22,23). The quantitative estimate of drug-likeness (QED) is 0.670. The molecule has 0 aliphatic heterocycles. The van der Waals surface area contributed by atoms with Gasteiger partial charge >= 0.3 is 6.36 Å². The van der Waals surface area contributed by atoms with Crippen LogP contribution in [0, 0.1) is 6.92 Å². The molecule has 0 atom stereocenters. The maximum absolute atomic E-state index is 12.1. The summed E-state index contributed by atoms with van der Waals surface area (Å²) in [6, 6.07) is 8.55. The van der Waals surface area contributed by atoms with Crippen LogP contribution < -0.4 is 15.8 Å². The van der Waals surface area contributed by atoms with E-state index in [1.54, 1.807) is 19.1 Å². The van der Waals surface area contributed by atoms with Crippen LogP contribution in [0.2, 0.25) is 0 Å².